The summed E-state index contributed by atoms with van der Waals surface area (Å²) in [4.78, 5) is 17.0. The number of aryl methyl sites for hydroxylation is 2. The normalized spacial score (nSPS) is 12.0. The first-order chi connectivity index (χ1) is 12.4. The molecule has 0 bridgehead atoms. The van der Waals surface area contributed by atoms with Crippen molar-refractivity contribution in [3.63, 3.8) is 0 Å². The number of para-hydroxylation sites is 1. The fourth-order valence-electron chi connectivity index (χ4n) is 2.48. The topological polar surface area (TPSA) is 70.7 Å². The van der Waals surface area contributed by atoms with Gasteiger partial charge in [0.25, 0.3) is 0 Å². The molecule has 0 aliphatic carbocycles. The molecule has 5 nitrogen and oxygen atoms in total. The monoisotopic (exact) mass is 386 g/mol. The van der Waals surface area contributed by atoms with Crippen LogP contribution < -0.4 is 5.32 Å². The van der Waals surface area contributed by atoms with Crippen LogP contribution in [0.2, 0.25) is 5.02 Å². The van der Waals surface area contributed by atoms with Gasteiger partial charge in [-0.3, -0.25) is 9.89 Å². The van der Waals surface area contributed by atoms with Gasteiger partial charge in [0.2, 0.25) is 11.1 Å². The molecule has 0 saturated carbocycles. The molecule has 1 unspecified atom stereocenters. The van der Waals surface area contributed by atoms with Crippen LogP contribution in [0.5, 0.6) is 0 Å². The number of aromatic amines is 1. The quantitative estimate of drug-likeness (QED) is 0.614. The largest absolute Gasteiger partial charge is 0.325 e. The summed E-state index contributed by atoms with van der Waals surface area (Å²) in [5, 5.41) is 11.0. The van der Waals surface area contributed by atoms with E-state index in [9.17, 15) is 4.79 Å². The molecule has 0 spiro atoms. The third kappa shape index (κ3) is 4.26. The molecule has 0 fully saturated rings. The van der Waals surface area contributed by atoms with Gasteiger partial charge in [-0.25, -0.2) is 4.98 Å². The van der Waals surface area contributed by atoms with Gasteiger partial charge in [-0.1, -0.05) is 41.6 Å². The lowest BCUT2D eigenvalue weighted by atomic mass is 10.1. The molecule has 26 heavy (non-hydrogen) atoms. The predicted molar refractivity (Wildman–Crippen MR) is 107 cm³/mol. The van der Waals surface area contributed by atoms with Crippen molar-refractivity contribution in [1.82, 2.24) is 15.2 Å². The molecule has 0 saturated heterocycles. The van der Waals surface area contributed by atoms with Crippen LogP contribution in [-0.2, 0) is 4.79 Å². The second-order valence-electron chi connectivity index (χ2n) is 5.99. The van der Waals surface area contributed by atoms with E-state index in [0.717, 1.165) is 22.4 Å². The van der Waals surface area contributed by atoms with E-state index in [1.165, 1.54) is 11.8 Å². The molecular weight excluding hydrogens is 368 g/mol. The summed E-state index contributed by atoms with van der Waals surface area (Å²) in [7, 11) is 0. The highest BCUT2D eigenvalue weighted by molar-refractivity contribution is 8.00. The summed E-state index contributed by atoms with van der Waals surface area (Å²) < 4.78 is 0. The minimum atomic E-state index is -0.331. The molecule has 1 heterocycles. The van der Waals surface area contributed by atoms with Crippen molar-refractivity contribution < 1.29 is 4.79 Å². The van der Waals surface area contributed by atoms with Crippen LogP contribution in [0.4, 0.5) is 5.69 Å². The van der Waals surface area contributed by atoms with Gasteiger partial charge in [0.05, 0.1) is 5.25 Å². The Labute approximate surface area is 161 Å². The van der Waals surface area contributed by atoms with E-state index in [2.05, 4.69) is 20.5 Å². The number of thioether (sulfide) groups is 1. The van der Waals surface area contributed by atoms with Gasteiger partial charge in [0.1, 0.15) is 0 Å². The third-order valence-electron chi connectivity index (χ3n) is 3.96. The van der Waals surface area contributed by atoms with Gasteiger partial charge in [0.15, 0.2) is 5.82 Å². The number of anilines is 1. The van der Waals surface area contributed by atoms with Crippen LogP contribution >= 0.6 is 23.4 Å². The summed E-state index contributed by atoms with van der Waals surface area (Å²) in [5.41, 5.74) is 3.83. The van der Waals surface area contributed by atoms with Crippen molar-refractivity contribution in [3.8, 4) is 11.4 Å². The van der Waals surface area contributed by atoms with E-state index < -0.39 is 0 Å². The molecule has 1 aromatic heterocycles. The Morgan fingerprint density at radius 1 is 1.15 bits per heavy atom. The number of benzene rings is 2. The molecule has 7 heteroatoms. The zero-order valence-corrected chi connectivity index (χ0v) is 16.3. The summed E-state index contributed by atoms with van der Waals surface area (Å²) in [6.07, 6.45) is 0. The minimum Gasteiger partial charge on any atom is -0.325 e. The number of halogens is 1. The number of nitrogens with one attached hydrogen (secondary N) is 2. The molecule has 0 aliphatic rings. The van der Waals surface area contributed by atoms with Crippen LogP contribution in [0.3, 0.4) is 0 Å². The zero-order valence-electron chi connectivity index (χ0n) is 14.7. The Hall–Kier alpha value is -2.31. The van der Waals surface area contributed by atoms with Crippen molar-refractivity contribution in [2.24, 2.45) is 0 Å². The summed E-state index contributed by atoms with van der Waals surface area (Å²) in [6, 6.07) is 13.3. The third-order valence-corrected chi connectivity index (χ3v) is 5.18. The fourth-order valence-corrected chi connectivity index (χ4v) is 3.33. The Morgan fingerprint density at radius 3 is 2.46 bits per heavy atom. The van der Waals surface area contributed by atoms with Gasteiger partial charge < -0.3 is 5.32 Å². The molecule has 0 radical (unpaired) electrons. The second-order valence-corrected chi connectivity index (χ2v) is 7.73. The highest BCUT2D eigenvalue weighted by atomic mass is 35.5. The number of H-pyrrole nitrogens is 1. The van der Waals surface area contributed by atoms with E-state index >= 15 is 0 Å². The maximum Gasteiger partial charge on any atom is 0.237 e. The number of hydrogen-bond donors (Lipinski definition) is 2. The fraction of sp³-hybridized carbons (Fsp3) is 0.211. The number of nitrogens with zero attached hydrogens (tertiary/aromatic N) is 2. The molecule has 1 amide bonds. The first kappa shape index (κ1) is 18.5. The SMILES string of the molecule is Cc1cccc(C)c1NC(=O)C(C)Sc1n[nH]c(-c2ccc(Cl)cc2)n1. The lowest BCUT2D eigenvalue weighted by Gasteiger charge is -2.14. The van der Waals surface area contributed by atoms with Crippen LogP contribution in [0.1, 0.15) is 18.1 Å². The molecule has 3 rings (SSSR count). The summed E-state index contributed by atoms with van der Waals surface area (Å²) in [6.45, 7) is 5.80. The molecule has 134 valence electrons. The van der Waals surface area contributed by atoms with E-state index in [1.807, 2.05) is 51.1 Å². The Bertz CT molecular complexity index is 903. The lowest BCUT2D eigenvalue weighted by molar-refractivity contribution is -0.115. The van der Waals surface area contributed by atoms with Gasteiger partial charge in [-0.05, 0) is 56.2 Å². The maximum absolute atomic E-state index is 12.5. The van der Waals surface area contributed by atoms with Crippen LogP contribution in [0.25, 0.3) is 11.4 Å². The molecule has 2 N–H and O–H groups in total. The summed E-state index contributed by atoms with van der Waals surface area (Å²) >= 11 is 7.21. The molecule has 1 atom stereocenters. The van der Waals surface area contributed by atoms with E-state index in [4.69, 9.17) is 11.6 Å². The average Bonchev–Trinajstić information content (AvgIpc) is 3.07. The van der Waals surface area contributed by atoms with Crippen molar-refractivity contribution >= 4 is 35.0 Å². The van der Waals surface area contributed by atoms with Gasteiger partial charge in [-0.2, -0.15) is 0 Å². The standard InChI is InChI=1S/C19H19ClN4OS/c1-11-5-4-6-12(2)16(11)21-18(25)13(3)26-19-22-17(23-24-19)14-7-9-15(20)10-8-14/h4-10,13H,1-3H3,(H,21,25)(H,22,23,24). The number of hydrogen-bond acceptors (Lipinski definition) is 4. The molecule has 0 aliphatic heterocycles. The van der Waals surface area contributed by atoms with E-state index in [-0.39, 0.29) is 11.2 Å². The predicted octanol–water partition coefficient (Wildman–Crippen LogP) is 4.86. The highest BCUT2D eigenvalue weighted by Crippen LogP contribution is 2.26. The number of carbonyl (C=O) groups is 1. The van der Waals surface area contributed by atoms with Crippen LogP contribution in [0, 0.1) is 13.8 Å². The average molecular weight is 387 g/mol. The van der Waals surface area contributed by atoms with Gasteiger partial charge in [-0.15, -0.1) is 5.10 Å². The maximum atomic E-state index is 12.5. The van der Waals surface area contributed by atoms with Crippen molar-refractivity contribution in [3.05, 3.63) is 58.6 Å². The molecule has 3 aromatic rings. The molecular formula is C19H19ClN4OS. The summed E-state index contributed by atoms with van der Waals surface area (Å²) in [5.74, 6) is 0.566. The van der Waals surface area contributed by atoms with Crippen LogP contribution in [-0.4, -0.2) is 26.3 Å². The van der Waals surface area contributed by atoms with Crippen molar-refractivity contribution in [1.29, 1.82) is 0 Å². The number of rotatable bonds is 5. The lowest BCUT2D eigenvalue weighted by Crippen LogP contribution is -2.23. The Balaban J connectivity index is 1.67. The first-order valence-electron chi connectivity index (χ1n) is 8.16. The Morgan fingerprint density at radius 2 is 1.81 bits per heavy atom. The number of amides is 1. The van der Waals surface area contributed by atoms with E-state index in [1.54, 1.807) is 12.1 Å². The Kier molecular flexibility index (Phi) is 5.64. The number of carbonyl (C=O) groups excluding carboxylic acids is 1. The van der Waals surface area contributed by atoms with Crippen molar-refractivity contribution in [2.75, 3.05) is 5.32 Å². The number of aromatic nitrogens is 3. The van der Waals surface area contributed by atoms with Gasteiger partial charge in [0, 0.05) is 16.3 Å². The van der Waals surface area contributed by atoms with Crippen molar-refractivity contribution in [2.45, 2.75) is 31.2 Å². The zero-order chi connectivity index (χ0) is 18.7. The second kappa shape index (κ2) is 7.93. The van der Waals surface area contributed by atoms with Crippen LogP contribution in [0.15, 0.2) is 47.6 Å². The highest BCUT2D eigenvalue weighted by Gasteiger charge is 2.19. The molecule has 2 aromatic carbocycles. The van der Waals surface area contributed by atoms with Gasteiger partial charge >= 0.3 is 0 Å². The van der Waals surface area contributed by atoms with E-state index in [0.29, 0.717) is 16.0 Å². The minimum absolute atomic E-state index is 0.0785. The first-order valence-corrected chi connectivity index (χ1v) is 9.42. The smallest absolute Gasteiger partial charge is 0.237 e.